The van der Waals surface area contributed by atoms with Gasteiger partial charge in [-0.25, -0.2) is 4.79 Å². The Morgan fingerprint density at radius 1 is 1.40 bits per heavy atom. The third-order valence-corrected chi connectivity index (χ3v) is 4.23. The fourth-order valence-corrected chi connectivity index (χ4v) is 3.19. The number of nitrogens with one attached hydrogen (secondary N) is 1. The number of hydrogen-bond donors (Lipinski definition) is 2. The summed E-state index contributed by atoms with van der Waals surface area (Å²) in [4.78, 5) is 15.1. The molecule has 1 amide bonds. The average molecular weight is 276 g/mol. The van der Waals surface area contributed by atoms with Crippen LogP contribution in [0.1, 0.15) is 50.5 Å². The Bertz CT molecular complexity index is 402. The lowest BCUT2D eigenvalue weighted by molar-refractivity contribution is 0.175. The maximum Gasteiger partial charge on any atom is 0.404 e. The van der Waals surface area contributed by atoms with Gasteiger partial charge in [0, 0.05) is 18.4 Å². The molecule has 0 bridgehead atoms. The second-order valence-electron chi connectivity index (χ2n) is 5.71. The Balaban J connectivity index is 1.82. The van der Waals surface area contributed by atoms with Gasteiger partial charge in [0.1, 0.15) is 0 Å². The van der Waals surface area contributed by atoms with E-state index in [0.717, 1.165) is 32.1 Å². The number of rotatable bonds is 6. The molecule has 1 atom stereocenters. The van der Waals surface area contributed by atoms with Gasteiger partial charge in [-0.1, -0.05) is 25.3 Å². The molecule has 0 aliphatic heterocycles. The quantitative estimate of drug-likeness (QED) is 0.834. The lowest BCUT2D eigenvalue weighted by Crippen LogP contribution is -2.40. The molecule has 1 fully saturated rings. The van der Waals surface area contributed by atoms with E-state index in [1.54, 1.807) is 6.20 Å². The highest BCUT2D eigenvalue weighted by atomic mass is 16.4. The van der Waals surface area contributed by atoms with Gasteiger partial charge in [0.15, 0.2) is 0 Å². The van der Waals surface area contributed by atoms with Crippen LogP contribution in [-0.2, 0) is 6.42 Å². The first kappa shape index (κ1) is 14.8. The Hall–Kier alpha value is -1.58. The van der Waals surface area contributed by atoms with Gasteiger partial charge in [-0.2, -0.15) is 0 Å². The third-order valence-electron chi connectivity index (χ3n) is 4.23. The number of hydrogen-bond acceptors (Lipinski definition) is 2. The van der Waals surface area contributed by atoms with Crippen LogP contribution in [0.2, 0.25) is 0 Å². The zero-order valence-electron chi connectivity index (χ0n) is 11.9. The topological polar surface area (TPSA) is 62.2 Å². The smallest absolute Gasteiger partial charge is 0.404 e. The number of aryl methyl sites for hydroxylation is 1. The van der Waals surface area contributed by atoms with E-state index in [1.807, 2.05) is 12.3 Å². The molecule has 0 saturated heterocycles. The van der Waals surface area contributed by atoms with Crippen LogP contribution in [0.25, 0.3) is 0 Å². The molecular weight excluding hydrogens is 252 g/mol. The van der Waals surface area contributed by atoms with Crippen molar-refractivity contribution in [1.82, 2.24) is 10.3 Å². The van der Waals surface area contributed by atoms with E-state index in [9.17, 15) is 4.79 Å². The largest absolute Gasteiger partial charge is 0.465 e. The molecule has 0 spiro atoms. The fraction of sp³-hybridized carbons (Fsp3) is 0.625. The summed E-state index contributed by atoms with van der Waals surface area (Å²) in [6.45, 7) is 0. The summed E-state index contributed by atoms with van der Waals surface area (Å²) < 4.78 is 0. The molecule has 2 N–H and O–H groups in total. The molecule has 1 aromatic rings. The predicted octanol–water partition coefficient (Wildman–Crippen LogP) is 3.62. The molecule has 4 heteroatoms. The van der Waals surface area contributed by atoms with Crippen molar-refractivity contribution in [2.45, 2.75) is 57.4 Å². The second-order valence-corrected chi connectivity index (χ2v) is 5.71. The van der Waals surface area contributed by atoms with Crippen LogP contribution >= 0.6 is 0 Å². The fourth-order valence-electron chi connectivity index (χ4n) is 3.19. The van der Waals surface area contributed by atoms with E-state index in [1.165, 1.54) is 24.8 Å². The molecule has 1 unspecified atom stereocenters. The SMILES string of the molecule is O=C(O)NC(CCCc1cccnc1)C1CCCCC1. The Morgan fingerprint density at radius 2 is 2.20 bits per heavy atom. The molecule has 1 aromatic heterocycles. The normalized spacial score (nSPS) is 17.6. The van der Waals surface area contributed by atoms with Crippen molar-refractivity contribution in [3.8, 4) is 0 Å². The van der Waals surface area contributed by atoms with E-state index < -0.39 is 6.09 Å². The van der Waals surface area contributed by atoms with Crippen LogP contribution in [0.4, 0.5) is 4.79 Å². The summed E-state index contributed by atoms with van der Waals surface area (Å²) in [5.74, 6) is 0.522. The molecule has 1 aliphatic rings. The van der Waals surface area contributed by atoms with E-state index in [2.05, 4.69) is 16.4 Å². The van der Waals surface area contributed by atoms with Crippen molar-refractivity contribution in [2.24, 2.45) is 5.92 Å². The van der Waals surface area contributed by atoms with Gasteiger partial charge in [0.05, 0.1) is 0 Å². The highest BCUT2D eigenvalue weighted by molar-refractivity contribution is 5.64. The van der Waals surface area contributed by atoms with Gasteiger partial charge < -0.3 is 10.4 Å². The van der Waals surface area contributed by atoms with Gasteiger partial charge in [0.2, 0.25) is 0 Å². The average Bonchev–Trinajstić information content (AvgIpc) is 2.48. The lowest BCUT2D eigenvalue weighted by atomic mass is 9.82. The van der Waals surface area contributed by atoms with Crippen LogP contribution in [0, 0.1) is 5.92 Å². The zero-order chi connectivity index (χ0) is 14.2. The second kappa shape index (κ2) is 7.88. The van der Waals surface area contributed by atoms with Crippen LogP contribution in [0.5, 0.6) is 0 Å². The van der Waals surface area contributed by atoms with E-state index >= 15 is 0 Å². The molecular formula is C16H24N2O2. The Kier molecular flexibility index (Phi) is 5.84. The van der Waals surface area contributed by atoms with Crippen molar-refractivity contribution >= 4 is 6.09 Å². The molecule has 1 saturated carbocycles. The number of nitrogens with zero attached hydrogens (tertiary/aromatic N) is 1. The third kappa shape index (κ3) is 4.83. The minimum Gasteiger partial charge on any atom is -0.465 e. The number of carboxylic acid groups (broad SMARTS) is 1. The van der Waals surface area contributed by atoms with Gasteiger partial charge in [0.25, 0.3) is 0 Å². The summed E-state index contributed by atoms with van der Waals surface area (Å²) in [7, 11) is 0. The molecule has 0 aromatic carbocycles. The molecule has 2 rings (SSSR count). The molecule has 1 heterocycles. The summed E-state index contributed by atoms with van der Waals surface area (Å²) in [6.07, 6.45) is 11.8. The highest BCUT2D eigenvalue weighted by Gasteiger charge is 2.24. The standard InChI is InChI=1S/C16H24N2O2/c19-16(20)18-15(14-8-2-1-3-9-14)10-4-6-13-7-5-11-17-12-13/h5,7,11-12,14-15,18H,1-4,6,8-10H2,(H,19,20). The maximum atomic E-state index is 11.0. The molecule has 110 valence electrons. The number of pyridine rings is 1. The Labute approximate surface area is 120 Å². The van der Waals surface area contributed by atoms with Gasteiger partial charge in [-0.15, -0.1) is 0 Å². The molecule has 20 heavy (non-hydrogen) atoms. The number of aromatic nitrogens is 1. The van der Waals surface area contributed by atoms with Gasteiger partial charge in [-0.3, -0.25) is 4.98 Å². The van der Waals surface area contributed by atoms with E-state index in [-0.39, 0.29) is 6.04 Å². The van der Waals surface area contributed by atoms with Crippen molar-refractivity contribution in [2.75, 3.05) is 0 Å². The van der Waals surface area contributed by atoms with Gasteiger partial charge in [-0.05, 0) is 49.7 Å². The highest BCUT2D eigenvalue weighted by Crippen LogP contribution is 2.28. The molecule has 4 nitrogen and oxygen atoms in total. The van der Waals surface area contributed by atoms with Crippen LogP contribution in [0.15, 0.2) is 24.5 Å². The van der Waals surface area contributed by atoms with E-state index in [4.69, 9.17) is 5.11 Å². The first-order chi connectivity index (χ1) is 9.75. The van der Waals surface area contributed by atoms with Gasteiger partial charge >= 0.3 is 6.09 Å². The minimum absolute atomic E-state index is 0.115. The summed E-state index contributed by atoms with van der Waals surface area (Å²) in [6, 6.07) is 4.14. The zero-order valence-corrected chi connectivity index (χ0v) is 11.9. The van der Waals surface area contributed by atoms with Crippen LogP contribution in [-0.4, -0.2) is 22.2 Å². The van der Waals surface area contributed by atoms with Crippen molar-refractivity contribution in [1.29, 1.82) is 0 Å². The van der Waals surface area contributed by atoms with Crippen LogP contribution in [0.3, 0.4) is 0 Å². The lowest BCUT2D eigenvalue weighted by Gasteiger charge is -2.30. The van der Waals surface area contributed by atoms with E-state index in [0.29, 0.717) is 5.92 Å². The molecule has 0 radical (unpaired) electrons. The number of carbonyl (C=O) groups is 1. The monoisotopic (exact) mass is 276 g/mol. The first-order valence-corrected chi connectivity index (χ1v) is 7.64. The van der Waals surface area contributed by atoms with Crippen molar-refractivity contribution < 1.29 is 9.90 Å². The molecule has 1 aliphatic carbocycles. The maximum absolute atomic E-state index is 11.0. The summed E-state index contributed by atoms with van der Waals surface area (Å²) in [5, 5.41) is 11.7. The van der Waals surface area contributed by atoms with Crippen LogP contribution < -0.4 is 5.32 Å². The van der Waals surface area contributed by atoms with Crippen molar-refractivity contribution in [3.63, 3.8) is 0 Å². The minimum atomic E-state index is -0.887. The predicted molar refractivity (Wildman–Crippen MR) is 78.7 cm³/mol. The summed E-state index contributed by atoms with van der Waals surface area (Å²) in [5.41, 5.74) is 1.23. The van der Waals surface area contributed by atoms with Crippen molar-refractivity contribution in [3.05, 3.63) is 30.1 Å². The number of amides is 1. The summed E-state index contributed by atoms with van der Waals surface area (Å²) >= 11 is 0. The Morgan fingerprint density at radius 3 is 2.85 bits per heavy atom. The first-order valence-electron chi connectivity index (χ1n) is 7.64.